The highest BCUT2D eigenvalue weighted by atomic mass is 79.9. The number of hydrogen-bond acceptors (Lipinski definition) is 3. The highest BCUT2D eigenvalue weighted by Crippen LogP contribution is 2.42. The molecule has 1 unspecified atom stereocenters. The molecule has 1 aliphatic carbocycles. The van der Waals surface area contributed by atoms with E-state index in [9.17, 15) is 14.7 Å². The lowest BCUT2D eigenvalue weighted by atomic mass is 9.68. The van der Waals surface area contributed by atoms with Gasteiger partial charge in [0.15, 0.2) is 6.10 Å². The predicted octanol–water partition coefficient (Wildman–Crippen LogP) is 2.96. The summed E-state index contributed by atoms with van der Waals surface area (Å²) < 4.78 is 6.23. The van der Waals surface area contributed by atoms with Gasteiger partial charge in [-0.15, -0.1) is 0 Å². The molecular formula is C18H22BrNO4. The molecule has 0 bridgehead atoms. The molecule has 1 N–H and O–H groups in total. The molecule has 1 atom stereocenters. The normalized spacial score (nSPS) is 23.7. The number of ether oxygens (including phenoxy) is 1. The van der Waals surface area contributed by atoms with Gasteiger partial charge < -0.3 is 14.7 Å². The third kappa shape index (κ3) is 3.35. The Balaban J connectivity index is 1.91. The number of aliphatic carboxylic acids is 1. The summed E-state index contributed by atoms with van der Waals surface area (Å²) in [4.78, 5) is 26.3. The molecule has 1 aromatic rings. The van der Waals surface area contributed by atoms with Crippen LogP contribution in [0.3, 0.4) is 0 Å². The number of morpholine rings is 1. The SMILES string of the molecule is O=C(O)C1CN(C(=O)C2(c3cccc(Br)c3)CCCCC2)CCO1. The Bertz CT molecular complexity index is 627. The summed E-state index contributed by atoms with van der Waals surface area (Å²) in [5.74, 6) is -0.956. The van der Waals surface area contributed by atoms with Crippen LogP contribution in [0.2, 0.25) is 0 Å². The molecule has 0 radical (unpaired) electrons. The maximum atomic E-state index is 13.4. The molecule has 1 aromatic carbocycles. The molecule has 6 heteroatoms. The van der Waals surface area contributed by atoms with Gasteiger partial charge in [0.05, 0.1) is 18.6 Å². The van der Waals surface area contributed by atoms with Crippen molar-refractivity contribution >= 4 is 27.8 Å². The lowest BCUT2D eigenvalue weighted by molar-refractivity contribution is -0.161. The van der Waals surface area contributed by atoms with E-state index in [1.165, 1.54) is 0 Å². The number of amides is 1. The lowest BCUT2D eigenvalue weighted by Gasteiger charge is -2.42. The van der Waals surface area contributed by atoms with Gasteiger partial charge in [-0.05, 0) is 30.5 Å². The van der Waals surface area contributed by atoms with Crippen molar-refractivity contribution in [2.45, 2.75) is 43.6 Å². The Morgan fingerprint density at radius 3 is 2.67 bits per heavy atom. The van der Waals surface area contributed by atoms with Crippen molar-refractivity contribution in [3.05, 3.63) is 34.3 Å². The smallest absolute Gasteiger partial charge is 0.334 e. The van der Waals surface area contributed by atoms with Crippen LogP contribution in [-0.2, 0) is 19.7 Å². The molecular weight excluding hydrogens is 374 g/mol. The van der Waals surface area contributed by atoms with Crippen molar-refractivity contribution in [2.24, 2.45) is 0 Å². The molecule has 0 spiro atoms. The number of carboxylic acids is 1. The number of carbonyl (C=O) groups excluding carboxylic acids is 1. The first-order valence-corrected chi connectivity index (χ1v) is 9.22. The highest BCUT2D eigenvalue weighted by molar-refractivity contribution is 9.10. The van der Waals surface area contributed by atoms with E-state index in [0.29, 0.717) is 6.54 Å². The van der Waals surface area contributed by atoms with E-state index in [1.54, 1.807) is 4.90 Å². The van der Waals surface area contributed by atoms with Crippen molar-refractivity contribution in [2.75, 3.05) is 19.7 Å². The minimum Gasteiger partial charge on any atom is -0.479 e. The van der Waals surface area contributed by atoms with Crippen LogP contribution >= 0.6 is 15.9 Å². The zero-order valence-corrected chi connectivity index (χ0v) is 15.1. The molecule has 1 heterocycles. The molecule has 1 amide bonds. The van der Waals surface area contributed by atoms with Crippen molar-refractivity contribution in [3.63, 3.8) is 0 Å². The molecule has 0 aromatic heterocycles. The maximum Gasteiger partial charge on any atom is 0.334 e. The van der Waals surface area contributed by atoms with Crippen LogP contribution < -0.4 is 0 Å². The quantitative estimate of drug-likeness (QED) is 0.853. The molecule has 2 fully saturated rings. The van der Waals surface area contributed by atoms with Crippen LogP contribution in [0.1, 0.15) is 37.7 Å². The summed E-state index contributed by atoms with van der Waals surface area (Å²) in [5.41, 5.74) is 0.488. The second kappa shape index (κ2) is 7.23. The number of nitrogens with zero attached hydrogens (tertiary/aromatic N) is 1. The van der Waals surface area contributed by atoms with Crippen LogP contribution in [0.25, 0.3) is 0 Å². The van der Waals surface area contributed by atoms with Gasteiger partial charge in [-0.2, -0.15) is 0 Å². The number of benzene rings is 1. The lowest BCUT2D eigenvalue weighted by Crippen LogP contribution is -2.55. The number of carboxylic acid groups (broad SMARTS) is 1. The molecule has 1 saturated carbocycles. The minimum atomic E-state index is -1.01. The predicted molar refractivity (Wildman–Crippen MR) is 92.9 cm³/mol. The highest BCUT2D eigenvalue weighted by Gasteiger charge is 2.45. The number of halogens is 1. The fourth-order valence-electron chi connectivity index (χ4n) is 3.85. The first-order chi connectivity index (χ1) is 11.5. The molecule has 5 nitrogen and oxygen atoms in total. The third-order valence-electron chi connectivity index (χ3n) is 5.12. The van der Waals surface area contributed by atoms with Crippen molar-refractivity contribution in [1.82, 2.24) is 4.90 Å². The monoisotopic (exact) mass is 395 g/mol. The summed E-state index contributed by atoms with van der Waals surface area (Å²) in [6.45, 7) is 0.861. The zero-order chi connectivity index (χ0) is 17.2. The Labute approximate surface area is 150 Å². The van der Waals surface area contributed by atoms with Gasteiger partial charge in [-0.1, -0.05) is 47.3 Å². The van der Waals surface area contributed by atoms with E-state index in [4.69, 9.17) is 4.74 Å². The molecule has 2 aliphatic rings. The summed E-state index contributed by atoms with van der Waals surface area (Å²) in [7, 11) is 0. The van der Waals surface area contributed by atoms with E-state index in [1.807, 2.05) is 24.3 Å². The first kappa shape index (κ1) is 17.4. The van der Waals surface area contributed by atoms with Crippen LogP contribution in [0.4, 0.5) is 0 Å². The van der Waals surface area contributed by atoms with Gasteiger partial charge in [0.2, 0.25) is 5.91 Å². The summed E-state index contributed by atoms with van der Waals surface area (Å²) in [6, 6.07) is 7.96. The summed E-state index contributed by atoms with van der Waals surface area (Å²) in [5, 5.41) is 9.20. The van der Waals surface area contributed by atoms with Gasteiger partial charge in [0.1, 0.15) is 0 Å². The van der Waals surface area contributed by atoms with Gasteiger partial charge in [0, 0.05) is 11.0 Å². The molecule has 1 aliphatic heterocycles. The van der Waals surface area contributed by atoms with Crippen LogP contribution in [0, 0.1) is 0 Å². The second-order valence-electron chi connectivity index (χ2n) is 6.60. The first-order valence-electron chi connectivity index (χ1n) is 8.43. The fraction of sp³-hybridized carbons (Fsp3) is 0.556. The van der Waals surface area contributed by atoms with Gasteiger partial charge in [-0.25, -0.2) is 4.79 Å². The number of rotatable bonds is 3. The Hall–Kier alpha value is -1.40. The molecule has 1 saturated heterocycles. The second-order valence-corrected chi connectivity index (χ2v) is 7.52. The Kier molecular flexibility index (Phi) is 5.25. The molecule has 24 heavy (non-hydrogen) atoms. The van der Waals surface area contributed by atoms with Crippen molar-refractivity contribution in [3.8, 4) is 0 Å². The summed E-state index contributed by atoms with van der Waals surface area (Å²) >= 11 is 3.50. The summed E-state index contributed by atoms with van der Waals surface area (Å²) in [6.07, 6.45) is 3.89. The van der Waals surface area contributed by atoms with Crippen LogP contribution in [0.15, 0.2) is 28.7 Å². The largest absolute Gasteiger partial charge is 0.479 e. The van der Waals surface area contributed by atoms with Crippen LogP contribution in [0.5, 0.6) is 0 Å². The Morgan fingerprint density at radius 2 is 2.00 bits per heavy atom. The van der Waals surface area contributed by atoms with Crippen LogP contribution in [-0.4, -0.2) is 47.7 Å². The molecule has 130 valence electrons. The zero-order valence-electron chi connectivity index (χ0n) is 13.5. The third-order valence-corrected chi connectivity index (χ3v) is 5.62. The Morgan fingerprint density at radius 1 is 1.25 bits per heavy atom. The number of carbonyl (C=O) groups is 2. The van der Waals surface area contributed by atoms with E-state index in [-0.39, 0.29) is 19.1 Å². The van der Waals surface area contributed by atoms with Gasteiger partial charge in [0.25, 0.3) is 0 Å². The van der Waals surface area contributed by atoms with Gasteiger partial charge in [-0.3, -0.25) is 4.79 Å². The molecule has 3 rings (SSSR count). The van der Waals surface area contributed by atoms with Crippen molar-refractivity contribution < 1.29 is 19.4 Å². The topological polar surface area (TPSA) is 66.8 Å². The van der Waals surface area contributed by atoms with E-state index >= 15 is 0 Å². The van der Waals surface area contributed by atoms with Gasteiger partial charge >= 0.3 is 5.97 Å². The minimum absolute atomic E-state index is 0.0508. The average molecular weight is 396 g/mol. The average Bonchev–Trinajstić information content (AvgIpc) is 2.61. The van der Waals surface area contributed by atoms with E-state index in [2.05, 4.69) is 15.9 Å². The fourth-order valence-corrected chi connectivity index (χ4v) is 4.25. The van der Waals surface area contributed by atoms with E-state index in [0.717, 1.165) is 42.1 Å². The van der Waals surface area contributed by atoms with E-state index < -0.39 is 17.5 Å². The maximum absolute atomic E-state index is 13.4. The number of hydrogen-bond donors (Lipinski definition) is 1. The standard InChI is InChI=1S/C18H22BrNO4/c19-14-6-4-5-13(11-14)18(7-2-1-3-8-18)17(23)20-9-10-24-15(12-20)16(21)22/h4-6,11,15H,1-3,7-10,12H2,(H,21,22). The van der Waals surface area contributed by atoms with Crippen molar-refractivity contribution in [1.29, 1.82) is 0 Å².